The van der Waals surface area contributed by atoms with Crippen LogP contribution in [0.1, 0.15) is 42.1 Å². The molecule has 1 aliphatic rings. The highest BCUT2D eigenvalue weighted by Gasteiger charge is 2.31. The monoisotopic (exact) mass is 473 g/mol. The summed E-state index contributed by atoms with van der Waals surface area (Å²) in [5, 5.41) is 3.48. The van der Waals surface area contributed by atoms with Gasteiger partial charge in [-0.3, -0.25) is 9.69 Å². The van der Waals surface area contributed by atoms with E-state index >= 15 is 0 Å². The summed E-state index contributed by atoms with van der Waals surface area (Å²) < 4.78 is 13.6. The quantitative estimate of drug-likeness (QED) is 0.501. The fourth-order valence-electron chi connectivity index (χ4n) is 4.90. The summed E-state index contributed by atoms with van der Waals surface area (Å²) in [6.07, 6.45) is 0.680. The van der Waals surface area contributed by atoms with Crippen LogP contribution in [0.3, 0.4) is 0 Å². The molecule has 1 amide bonds. The van der Waals surface area contributed by atoms with E-state index in [1.165, 1.54) is 23.3 Å². The number of rotatable bonds is 8. The molecule has 184 valence electrons. The molecule has 1 unspecified atom stereocenters. The summed E-state index contributed by atoms with van der Waals surface area (Å²) in [4.78, 5) is 17.9. The van der Waals surface area contributed by atoms with E-state index in [2.05, 4.69) is 67.4 Å². The summed E-state index contributed by atoms with van der Waals surface area (Å²) in [5.74, 6) is -0.0650. The van der Waals surface area contributed by atoms with Crippen molar-refractivity contribution in [3.05, 3.63) is 107 Å². The molecule has 1 aliphatic heterocycles. The molecule has 3 aromatic rings. The van der Waals surface area contributed by atoms with Gasteiger partial charge in [0, 0.05) is 32.2 Å². The zero-order valence-electron chi connectivity index (χ0n) is 21.0. The maximum absolute atomic E-state index is 13.6. The van der Waals surface area contributed by atoms with Crippen molar-refractivity contribution in [2.75, 3.05) is 26.2 Å². The van der Waals surface area contributed by atoms with Gasteiger partial charge in [-0.2, -0.15) is 0 Å². The van der Waals surface area contributed by atoms with Gasteiger partial charge in [-0.15, -0.1) is 0 Å². The number of hydrogen-bond donors (Lipinski definition) is 1. The van der Waals surface area contributed by atoms with Gasteiger partial charge in [0.05, 0.1) is 12.1 Å². The number of halogens is 1. The van der Waals surface area contributed by atoms with Gasteiger partial charge in [0.1, 0.15) is 5.82 Å². The highest BCUT2D eigenvalue weighted by Crippen LogP contribution is 2.30. The van der Waals surface area contributed by atoms with Crippen molar-refractivity contribution in [3.8, 4) is 0 Å². The van der Waals surface area contributed by atoms with Crippen LogP contribution in [0.15, 0.2) is 78.9 Å². The van der Waals surface area contributed by atoms with Crippen LogP contribution >= 0.6 is 0 Å². The number of aryl methyl sites for hydroxylation is 1. The summed E-state index contributed by atoms with van der Waals surface area (Å²) in [7, 11) is 0. The Hall–Kier alpha value is -3.02. The molecule has 1 saturated heterocycles. The number of amides is 1. The maximum atomic E-state index is 13.6. The lowest BCUT2D eigenvalue weighted by atomic mass is 9.95. The molecule has 0 bridgehead atoms. The fraction of sp³-hybridized carbons (Fsp3) is 0.367. The molecule has 5 heteroatoms. The Morgan fingerprint density at radius 1 is 0.857 bits per heavy atom. The topological polar surface area (TPSA) is 35.6 Å². The second-order valence-corrected chi connectivity index (χ2v) is 9.79. The summed E-state index contributed by atoms with van der Waals surface area (Å²) in [5.41, 5.74) is 4.63. The third-order valence-corrected chi connectivity index (χ3v) is 6.69. The molecule has 0 saturated carbocycles. The molecular weight excluding hydrogens is 437 g/mol. The summed E-state index contributed by atoms with van der Waals surface area (Å²) in [6.45, 7) is 9.12. The Morgan fingerprint density at radius 3 is 2.00 bits per heavy atom. The first kappa shape index (κ1) is 25.1. The van der Waals surface area contributed by atoms with E-state index in [1.54, 1.807) is 0 Å². The molecular formula is C30H36FN3O. The van der Waals surface area contributed by atoms with Gasteiger partial charge in [0.2, 0.25) is 5.91 Å². The first-order chi connectivity index (χ1) is 16.9. The Kier molecular flexibility index (Phi) is 8.32. The molecule has 35 heavy (non-hydrogen) atoms. The first-order valence-corrected chi connectivity index (χ1v) is 12.6. The third-order valence-electron chi connectivity index (χ3n) is 6.69. The van der Waals surface area contributed by atoms with E-state index in [0.29, 0.717) is 19.5 Å². The number of carbonyl (C=O) groups excluding carboxylic acids is 1. The van der Waals surface area contributed by atoms with Crippen LogP contribution in [0.25, 0.3) is 0 Å². The van der Waals surface area contributed by atoms with E-state index in [1.807, 2.05) is 35.2 Å². The van der Waals surface area contributed by atoms with Crippen molar-refractivity contribution in [3.63, 3.8) is 0 Å². The molecule has 1 N–H and O–H groups in total. The van der Waals surface area contributed by atoms with Crippen molar-refractivity contribution in [1.82, 2.24) is 15.1 Å². The molecule has 2 atom stereocenters. The zero-order chi connectivity index (χ0) is 24.8. The van der Waals surface area contributed by atoms with E-state index in [4.69, 9.17) is 0 Å². The molecule has 0 radical (unpaired) electrons. The van der Waals surface area contributed by atoms with Crippen molar-refractivity contribution in [2.24, 2.45) is 0 Å². The highest BCUT2D eigenvalue weighted by atomic mass is 19.1. The molecule has 4 rings (SSSR count). The van der Waals surface area contributed by atoms with Gasteiger partial charge in [-0.05, 0) is 42.2 Å². The summed E-state index contributed by atoms with van der Waals surface area (Å²) >= 11 is 0. The lowest BCUT2D eigenvalue weighted by Gasteiger charge is -2.41. The van der Waals surface area contributed by atoms with Crippen LogP contribution in [0.2, 0.25) is 0 Å². The smallest absolute Gasteiger partial charge is 0.240 e. The number of nitrogens with one attached hydrogen (secondary N) is 1. The van der Waals surface area contributed by atoms with Crippen LogP contribution in [0.5, 0.6) is 0 Å². The Labute approximate surface area is 208 Å². The van der Waals surface area contributed by atoms with Crippen molar-refractivity contribution >= 4 is 5.91 Å². The van der Waals surface area contributed by atoms with E-state index in [9.17, 15) is 9.18 Å². The normalized spacial score (nSPS) is 16.3. The van der Waals surface area contributed by atoms with Gasteiger partial charge in [0.25, 0.3) is 0 Å². The predicted octanol–water partition coefficient (Wildman–Crippen LogP) is 4.98. The molecule has 0 spiro atoms. The Bertz CT molecular complexity index is 1030. The number of carbonyl (C=O) groups is 1. The minimum atomic E-state index is -0.242. The first-order valence-electron chi connectivity index (χ1n) is 12.6. The number of nitrogens with zero attached hydrogens (tertiary/aromatic N) is 2. The third kappa shape index (κ3) is 6.56. The molecule has 0 aliphatic carbocycles. The lowest BCUT2D eigenvalue weighted by Crippen LogP contribution is -2.56. The van der Waals surface area contributed by atoms with Crippen LogP contribution in [0, 0.1) is 12.7 Å². The number of hydrogen-bond acceptors (Lipinski definition) is 3. The van der Waals surface area contributed by atoms with E-state index in [-0.39, 0.29) is 29.8 Å². The van der Waals surface area contributed by atoms with Crippen molar-refractivity contribution in [2.45, 2.75) is 45.3 Å². The van der Waals surface area contributed by atoms with Gasteiger partial charge in [-0.25, -0.2) is 4.39 Å². The minimum absolute atomic E-state index is 0.0300. The zero-order valence-corrected chi connectivity index (χ0v) is 21.0. The van der Waals surface area contributed by atoms with Gasteiger partial charge >= 0.3 is 0 Å². The fourth-order valence-corrected chi connectivity index (χ4v) is 4.90. The number of piperazine rings is 1. The SMILES string of the molecule is Cc1ccc(C(c2ccc(F)cc2)N2CCN(C(=O)[C@H](Cc3ccccc3)NC(C)C)CC2)cc1. The van der Waals surface area contributed by atoms with Crippen LogP contribution < -0.4 is 5.32 Å². The van der Waals surface area contributed by atoms with E-state index in [0.717, 1.165) is 24.2 Å². The minimum Gasteiger partial charge on any atom is -0.339 e. The molecule has 1 fully saturated rings. The average Bonchev–Trinajstić information content (AvgIpc) is 2.86. The van der Waals surface area contributed by atoms with Crippen molar-refractivity contribution < 1.29 is 9.18 Å². The highest BCUT2D eigenvalue weighted by molar-refractivity contribution is 5.82. The van der Waals surface area contributed by atoms with Crippen LogP contribution in [-0.2, 0) is 11.2 Å². The van der Waals surface area contributed by atoms with Gasteiger partial charge in [0.15, 0.2) is 0 Å². The molecule has 0 aromatic heterocycles. The molecule has 4 nitrogen and oxygen atoms in total. The predicted molar refractivity (Wildman–Crippen MR) is 140 cm³/mol. The van der Waals surface area contributed by atoms with Gasteiger partial charge < -0.3 is 10.2 Å². The maximum Gasteiger partial charge on any atom is 0.240 e. The van der Waals surface area contributed by atoms with E-state index < -0.39 is 0 Å². The van der Waals surface area contributed by atoms with Crippen molar-refractivity contribution in [1.29, 1.82) is 0 Å². The van der Waals surface area contributed by atoms with Gasteiger partial charge in [-0.1, -0.05) is 86.1 Å². The molecule has 3 aromatic carbocycles. The molecule has 1 heterocycles. The largest absolute Gasteiger partial charge is 0.339 e. The standard InChI is InChI=1S/C30H36FN3O/c1-22(2)32-28(21-24-7-5-4-6-8-24)30(35)34-19-17-33(18-20-34)29(25-11-9-23(3)10-12-25)26-13-15-27(31)16-14-26/h4-16,22,28-29,32H,17-21H2,1-3H3/t28-,29?/m0/s1. The van der Waals surface area contributed by atoms with Crippen LogP contribution in [0.4, 0.5) is 4.39 Å². The second kappa shape index (κ2) is 11.6. The number of benzene rings is 3. The average molecular weight is 474 g/mol. The van der Waals surface area contributed by atoms with Crippen LogP contribution in [-0.4, -0.2) is 54.0 Å². The Balaban J connectivity index is 1.48. The lowest BCUT2D eigenvalue weighted by molar-refractivity contribution is -0.135. The second-order valence-electron chi connectivity index (χ2n) is 9.79. The summed E-state index contributed by atoms with van der Waals surface area (Å²) in [6, 6.07) is 25.6. The Morgan fingerprint density at radius 2 is 1.43 bits per heavy atom.